The maximum absolute atomic E-state index is 14.5. The number of aromatic hydroxyl groups is 2. The minimum atomic E-state index is -1.89. The van der Waals surface area contributed by atoms with E-state index >= 15 is 0 Å². The Morgan fingerprint density at radius 1 is 0.945 bits per heavy atom. The zero-order valence-electron chi connectivity index (χ0n) is 33.2. The Hall–Kier alpha value is -4.59. The number of piperidine rings is 1. The SMILES string of the molecule is COC1/C=C\OC2(C)Oc3c(C)c(O)c4c(O)c(cc(N5CCCCC5)c4c3C2=O)NC(=O)/C(C)=C\C=C/C(C)C(O)C(C)C(O)C(C)C(OC(C)=O)C1C. The Balaban J connectivity index is 1.69. The van der Waals surface area contributed by atoms with E-state index < -0.39 is 77.3 Å². The number of aliphatic hydroxyl groups excluding tert-OH is 2. The van der Waals surface area contributed by atoms with Crippen LogP contribution in [0, 0.1) is 30.6 Å². The van der Waals surface area contributed by atoms with E-state index in [2.05, 4.69) is 10.2 Å². The second kappa shape index (κ2) is 16.6. The van der Waals surface area contributed by atoms with Gasteiger partial charge in [-0.05, 0) is 45.3 Å². The van der Waals surface area contributed by atoms with E-state index in [1.165, 1.54) is 27.2 Å². The van der Waals surface area contributed by atoms with Crippen molar-refractivity contribution < 1.29 is 53.8 Å². The summed E-state index contributed by atoms with van der Waals surface area (Å²) in [6.07, 6.45) is 6.89. The molecule has 1 amide bonds. The number of carbonyl (C=O) groups excluding carboxylic acids is 3. The number of nitrogens with one attached hydrogen (secondary N) is 1. The van der Waals surface area contributed by atoms with E-state index in [1.54, 1.807) is 71.9 Å². The summed E-state index contributed by atoms with van der Waals surface area (Å²) < 4.78 is 23.8. The summed E-state index contributed by atoms with van der Waals surface area (Å²) in [6.45, 7) is 14.3. The Bertz CT molecular complexity index is 1900. The maximum Gasteiger partial charge on any atom is 0.312 e. The van der Waals surface area contributed by atoms with Crippen LogP contribution >= 0.6 is 0 Å². The fourth-order valence-corrected chi connectivity index (χ4v) is 8.03. The third kappa shape index (κ3) is 8.06. The van der Waals surface area contributed by atoms with Gasteiger partial charge in [-0.2, -0.15) is 0 Å². The topological polar surface area (TPSA) is 184 Å². The van der Waals surface area contributed by atoms with Gasteiger partial charge >= 0.3 is 11.8 Å². The molecule has 2 aromatic carbocycles. The van der Waals surface area contributed by atoms with Crippen molar-refractivity contribution >= 4 is 39.8 Å². The average Bonchev–Trinajstić information content (AvgIpc) is 3.42. The summed E-state index contributed by atoms with van der Waals surface area (Å²) in [6, 6.07) is 1.62. The molecule has 55 heavy (non-hydrogen) atoms. The number of ketones is 1. The van der Waals surface area contributed by atoms with Gasteiger partial charge in [-0.3, -0.25) is 14.4 Å². The van der Waals surface area contributed by atoms with Crippen LogP contribution in [0.4, 0.5) is 11.4 Å². The Kier molecular flexibility index (Phi) is 12.6. The number of hydrogen-bond donors (Lipinski definition) is 5. The smallest absolute Gasteiger partial charge is 0.312 e. The number of methoxy groups -OCH3 is 1. The van der Waals surface area contributed by atoms with Crippen LogP contribution in [0.5, 0.6) is 17.2 Å². The number of hydrogen-bond acceptors (Lipinski definition) is 12. The first kappa shape index (κ1) is 41.6. The molecule has 4 aliphatic rings. The molecule has 2 aromatic rings. The molecule has 1 fully saturated rings. The number of carbonyl (C=O) groups is 3. The number of benzene rings is 2. The van der Waals surface area contributed by atoms with Gasteiger partial charge in [0, 0.05) is 79.9 Å². The number of phenolic OH excluding ortho intramolecular Hbond substituents is 2. The lowest BCUT2D eigenvalue weighted by Gasteiger charge is -2.38. The molecule has 13 heteroatoms. The van der Waals surface area contributed by atoms with Crippen molar-refractivity contribution in [3.63, 3.8) is 0 Å². The predicted octanol–water partition coefficient (Wildman–Crippen LogP) is 6.04. The summed E-state index contributed by atoms with van der Waals surface area (Å²) >= 11 is 0. The highest BCUT2D eigenvalue weighted by molar-refractivity contribution is 6.23. The third-order valence-electron chi connectivity index (χ3n) is 11.5. The first-order valence-corrected chi connectivity index (χ1v) is 19.0. The highest BCUT2D eigenvalue weighted by Gasteiger charge is 2.49. The van der Waals surface area contributed by atoms with Gasteiger partial charge in [0.1, 0.15) is 17.6 Å². The van der Waals surface area contributed by atoms with Gasteiger partial charge in [0.25, 0.3) is 11.7 Å². The molecule has 0 aliphatic carbocycles. The predicted molar refractivity (Wildman–Crippen MR) is 208 cm³/mol. The van der Waals surface area contributed by atoms with Crippen LogP contribution in [-0.4, -0.2) is 88.5 Å². The molecular weight excluding hydrogens is 708 g/mol. The van der Waals surface area contributed by atoms with Crippen molar-refractivity contribution in [2.45, 2.75) is 105 Å². The maximum atomic E-state index is 14.5. The number of anilines is 2. The van der Waals surface area contributed by atoms with E-state index in [1.807, 2.05) is 0 Å². The molecule has 4 aliphatic heterocycles. The van der Waals surface area contributed by atoms with Crippen LogP contribution in [0.25, 0.3) is 10.8 Å². The van der Waals surface area contributed by atoms with Crippen LogP contribution in [0.3, 0.4) is 0 Å². The van der Waals surface area contributed by atoms with E-state index in [4.69, 9.17) is 18.9 Å². The molecule has 9 atom stereocenters. The van der Waals surface area contributed by atoms with E-state index in [0.717, 1.165) is 19.3 Å². The molecule has 5 bridgehead atoms. The largest absolute Gasteiger partial charge is 0.507 e. The second-order valence-electron chi connectivity index (χ2n) is 15.5. The number of allylic oxidation sites excluding steroid dienone is 2. The Morgan fingerprint density at radius 3 is 2.25 bits per heavy atom. The molecule has 9 unspecified atom stereocenters. The van der Waals surface area contributed by atoms with Gasteiger partial charge in [0.05, 0.1) is 41.2 Å². The zero-order chi connectivity index (χ0) is 40.5. The van der Waals surface area contributed by atoms with Crippen molar-refractivity contribution in [3.05, 3.63) is 53.3 Å². The average molecular weight is 765 g/mol. The summed E-state index contributed by atoms with van der Waals surface area (Å²) in [7, 11) is 1.47. The summed E-state index contributed by atoms with van der Waals surface area (Å²) in [4.78, 5) is 42.4. The lowest BCUT2D eigenvalue weighted by molar-refractivity contribution is -0.160. The number of amides is 1. The molecular formula is C42H56N2O11. The Morgan fingerprint density at radius 2 is 1.62 bits per heavy atom. The van der Waals surface area contributed by atoms with Crippen LogP contribution in [0.1, 0.15) is 83.7 Å². The molecule has 1 saturated heterocycles. The zero-order valence-corrected chi connectivity index (χ0v) is 33.2. The van der Waals surface area contributed by atoms with Crippen LogP contribution in [-0.2, 0) is 23.8 Å². The van der Waals surface area contributed by atoms with Crippen molar-refractivity contribution in [1.82, 2.24) is 0 Å². The first-order chi connectivity index (χ1) is 25.9. The third-order valence-corrected chi connectivity index (χ3v) is 11.5. The minimum absolute atomic E-state index is 0.000347. The molecule has 5 N–H and O–H groups in total. The van der Waals surface area contributed by atoms with Gasteiger partial charge < -0.3 is 49.6 Å². The number of rotatable bonds is 3. The second-order valence-corrected chi connectivity index (χ2v) is 15.5. The molecule has 300 valence electrons. The van der Waals surface area contributed by atoms with Gasteiger partial charge in [-0.25, -0.2) is 0 Å². The molecule has 6 rings (SSSR count). The number of nitrogens with zero attached hydrogens (tertiary/aromatic N) is 1. The fourth-order valence-electron chi connectivity index (χ4n) is 8.03. The quantitative estimate of drug-likeness (QED) is 0.181. The highest BCUT2D eigenvalue weighted by Crippen LogP contribution is 2.54. The normalized spacial score (nSPS) is 33.0. The molecule has 0 radical (unpaired) electrons. The van der Waals surface area contributed by atoms with Gasteiger partial charge in [-0.1, -0.05) is 45.9 Å². The number of phenols is 2. The molecule has 4 heterocycles. The standard InChI is InChI=1S/C42H56N2O11/c1-21-14-13-15-22(2)41(51)43-28-20-29(44-17-11-10-12-18-44)31-32(37(28)49)36(48)26(6)39-33(31)40(50)42(8,55-39)53-19-16-30(52-9)23(3)38(54-27(7)45)25(5)35(47)24(4)34(21)46/h13-16,19-21,23-25,30,34-35,38,46-49H,10-12,17-18H2,1-9H3,(H,43,51)/b14-13-,19-16-,22-15-. The van der Waals surface area contributed by atoms with Gasteiger partial charge in [0.15, 0.2) is 5.75 Å². The number of ether oxygens (including phenoxy) is 4. The van der Waals surface area contributed by atoms with Crippen molar-refractivity contribution in [2.75, 3.05) is 30.4 Å². The monoisotopic (exact) mass is 764 g/mol. The molecule has 0 saturated carbocycles. The van der Waals surface area contributed by atoms with Crippen molar-refractivity contribution in [3.8, 4) is 17.2 Å². The number of Topliss-reactive ketones (excluding diaryl/α,β-unsaturated/α-hetero) is 1. The minimum Gasteiger partial charge on any atom is -0.507 e. The summed E-state index contributed by atoms with van der Waals surface area (Å²) in [5, 5.41) is 49.2. The Labute approximate surface area is 322 Å². The van der Waals surface area contributed by atoms with E-state index in [9.17, 15) is 34.8 Å². The lowest BCUT2D eigenvalue weighted by Crippen LogP contribution is -2.46. The first-order valence-electron chi connectivity index (χ1n) is 19.0. The fraction of sp³-hybridized carbons (Fsp3) is 0.548. The van der Waals surface area contributed by atoms with Crippen molar-refractivity contribution in [1.29, 1.82) is 0 Å². The van der Waals surface area contributed by atoms with E-state index in [0.29, 0.717) is 18.8 Å². The van der Waals surface area contributed by atoms with Gasteiger partial charge in [-0.15, -0.1) is 0 Å². The molecule has 0 aromatic heterocycles. The number of esters is 1. The highest BCUT2D eigenvalue weighted by atomic mass is 16.7. The molecule has 0 spiro atoms. The van der Waals surface area contributed by atoms with Crippen LogP contribution in [0.2, 0.25) is 0 Å². The summed E-state index contributed by atoms with van der Waals surface area (Å²) in [5.41, 5.74) is 1.22. The number of aliphatic hydroxyl groups is 2. The van der Waals surface area contributed by atoms with Crippen molar-refractivity contribution in [2.24, 2.45) is 23.7 Å². The van der Waals surface area contributed by atoms with E-state index in [-0.39, 0.29) is 44.7 Å². The molecule has 13 nitrogen and oxygen atoms in total. The van der Waals surface area contributed by atoms with Crippen LogP contribution < -0.4 is 15.0 Å². The number of fused-ring (bicyclic) bond motifs is 14. The van der Waals surface area contributed by atoms with Gasteiger partial charge in [0.2, 0.25) is 0 Å². The summed E-state index contributed by atoms with van der Waals surface area (Å²) in [5.74, 6) is -6.42. The van der Waals surface area contributed by atoms with Crippen LogP contribution in [0.15, 0.2) is 42.2 Å². The lowest BCUT2D eigenvalue weighted by atomic mass is 9.78.